The maximum atomic E-state index is 14.4. The third kappa shape index (κ3) is 20.6. The van der Waals surface area contributed by atoms with Crippen LogP contribution in [-0.2, 0) is 4.79 Å². The molecule has 3 aromatic carbocycles. The van der Waals surface area contributed by atoms with Crippen LogP contribution in [0.15, 0.2) is 115 Å². The largest absolute Gasteiger partial charge is 0.394 e. The van der Waals surface area contributed by atoms with E-state index in [9.17, 15) is 29.4 Å². The molecule has 0 aliphatic carbocycles. The van der Waals surface area contributed by atoms with Gasteiger partial charge in [0.05, 0.1) is 18.8 Å². The summed E-state index contributed by atoms with van der Waals surface area (Å²) in [7, 11) is 0. The molecule has 7 heteroatoms. The molecule has 1 amide bonds. The second kappa shape index (κ2) is 34.0. The zero-order chi connectivity index (χ0) is 45.9. The molecule has 3 aromatic rings. The lowest BCUT2D eigenvalue weighted by Gasteiger charge is -2.30. The number of carbonyl (C=O) groups is 4. The van der Waals surface area contributed by atoms with E-state index in [1.165, 1.54) is 57.8 Å². The summed E-state index contributed by atoms with van der Waals surface area (Å²) in [5, 5.41) is 23.2. The molecule has 0 aliphatic heterocycles. The highest BCUT2D eigenvalue weighted by atomic mass is 16.3. The third-order valence-electron chi connectivity index (χ3n) is 12.4. The molecular formula is C57H81NO6. The van der Waals surface area contributed by atoms with E-state index in [2.05, 4.69) is 24.4 Å². The van der Waals surface area contributed by atoms with Gasteiger partial charge in [0.1, 0.15) is 0 Å². The van der Waals surface area contributed by atoms with Gasteiger partial charge in [0.2, 0.25) is 5.91 Å². The number of allylic oxidation sites excluding steroid dienone is 3. The molecule has 3 N–H and O–H groups in total. The van der Waals surface area contributed by atoms with Crippen LogP contribution in [0.2, 0.25) is 0 Å². The highest BCUT2D eigenvalue weighted by molar-refractivity contribution is 6.35. The van der Waals surface area contributed by atoms with Crippen molar-refractivity contribution in [2.75, 3.05) is 6.61 Å². The van der Waals surface area contributed by atoms with E-state index in [1.54, 1.807) is 78.9 Å². The second-order valence-corrected chi connectivity index (χ2v) is 17.7. The summed E-state index contributed by atoms with van der Waals surface area (Å²) in [6, 6.07) is 25.5. The van der Waals surface area contributed by atoms with Crippen molar-refractivity contribution in [1.29, 1.82) is 0 Å². The summed E-state index contributed by atoms with van der Waals surface area (Å²) in [6.07, 6.45) is 34.6. The van der Waals surface area contributed by atoms with Crippen LogP contribution in [0.25, 0.3) is 0 Å². The molecule has 64 heavy (non-hydrogen) atoms. The molecule has 0 saturated heterocycles. The minimum Gasteiger partial charge on any atom is -0.394 e. The molecule has 0 aliphatic rings. The van der Waals surface area contributed by atoms with Crippen molar-refractivity contribution in [3.8, 4) is 0 Å². The highest BCUT2D eigenvalue weighted by Gasteiger charge is 2.52. The fourth-order valence-corrected chi connectivity index (χ4v) is 8.47. The van der Waals surface area contributed by atoms with Gasteiger partial charge in [-0.25, -0.2) is 0 Å². The average Bonchev–Trinajstić information content (AvgIpc) is 3.33. The Morgan fingerprint density at radius 2 is 0.859 bits per heavy atom. The molecule has 0 saturated carbocycles. The van der Waals surface area contributed by atoms with Gasteiger partial charge in [-0.3, -0.25) is 19.2 Å². The van der Waals surface area contributed by atoms with Crippen molar-refractivity contribution in [2.45, 2.75) is 186 Å². The Morgan fingerprint density at radius 3 is 1.27 bits per heavy atom. The van der Waals surface area contributed by atoms with E-state index in [1.807, 2.05) is 24.3 Å². The number of aliphatic hydroxyl groups is 2. The maximum absolute atomic E-state index is 14.4. The van der Waals surface area contributed by atoms with Gasteiger partial charge < -0.3 is 15.5 Å². The molecule has 0 bridgehead atoms. The van der Waals surface area contributed by atoms with Crippen molar-refractivity contribution >= 4 is 23.3 Å². The number of carbonyl (C=O) groups excluding carboxylic acids is 4. The third-order valence-corrected chi connectivity index (χ3v) is 12.4. The number of aliphatic hydroxyl groups excluding tert-OH is 2. The maximum Gasteiger partial charge on any atom is 0.220 e. The van der Waals surface area contributed by atoms with E-state index < -0.39 is 34.9 Å². The van der Waals surface area contributed by atoms with Crippen molar-refractivity contribution in [3.05, 3.63) is 132 Å². The van der Waals surface area contributed by atoms with E-state index >= 15 is 0 Å². The van der Waals surface area contributed by atoms with Gasteiger partial charge in [-0.1, -0.05) is 231 Å². The SMILES string of the molecule is CCCCCCCC/C=C\CCCCCCCC(=O)N[C@@H](CO)[C@H](O)/C=C/CCCCCCCCCCCCC(C(=O)c1ccccc1)(C(=O)c1ccccc1)C(=O)c1ccccc1. The quantitative estimate of drug-likeness (QED) is 0.0228. The molecule has 2 atom stereocenters. The number of Topliss-reactive ketones (excluding diaryl/α,β-unsaturated/α-hetero) is 3. The Morgan fingerprint density at radius 1 is 0.500 bits per heavy atom. The summed E-state index contributed by atoms with van der Waals surface area (Å²) in [5.41, 5.74) is -0.767. The fourth-order valence-electron chi connectivity index (χ4n) is 8.47. The smallest absolute Gasteiger partial charge is 0.220 e. The molecule has 0 radical (unpaired) electrons. The van der Waals surface area contributed by atoms with E-state index in [0.29, 0.717) is 29.5 Å². The molecule has 7 nitrogen and oxygen atoms in total. The monoisotopic (exact) mass is 876 g/mol. The Hall–Kier alpha value is -4.46. The van der Waals surface area contributed by atoms with Crippen LogP contribution in [0.3, 0.4) is 0 Å². The first-order chi connectivity index (χ1) is 31.3. The molecule has 0 heterocycles. The number of nitrogens with one attached hydrogen (secondary N) is 1. The number of benzene rings is 3. The lowest BCUT2D eigenvalue weighted by atomic mass is 9.66. The predicted molar refractivity (Wildman–Crippen MR) is 264 cm³/mol. The van der Waals surface area contributed by atoms with Crippen molar-refractivity contribution in [3.63, 3.8) is 0 Å². The minimum absolute atomic E-state index is 0.118. The van der Waals surface area contributed by atoms with Crippen LogP contribution < -0.4 is 5.32 Å². The molecule has 0 aromatic heterocycles. The van der Waals surface area contributed by atoms with Gasteiger partial charge in [-0.2, -0.15) is 0 Å². The predicted octanol–water partition coefficient (Wildman–Crippen LogP) is 13.7. The molecule has 0 spiro atoms. The lowest BCUT2D eigenvalue weighted by molar-refractivity contribution is -0.123. The van der Waals surface area contributed by atoms with Crippen LogP contribution in [0.1, 0.15) is 205 Å². The summed E-state index contributed by atoms with van der Waals surface area (Å²) in [4.78, 5) is 55.6. The van der Waals surface area contributed by atoms with Gasteiger partial charge >= 0.3 is 0 Å². The van der Waals surface area contributed by atoms with E-state index in [0.717, 1.165) is 89.9 Å². The van der Waals surface area contributed by atoms with Crippen molar-refractivity contribution in [1.82, 2.24) is 5.32 Å². The lowest BCUT2D eigenvalue weighted by Crippen LogP contribution is -2.46. The van der Waals surface area contributed by atoms with Gasteiger partial charge in [0.25, 0.3) is 0 Å². The Bertz CT molecular complexity index is 1630. The first-order valence-electron chi connectivity index (χ1n) is 25.0. The molecule has 3 rings (SSSR count). The first kappa shape index (κ1) is 53.9. The summed E-state index contributed by atoms with van der Waals surface area (Å²) in [5.74, 6) is -1.45. The first-order valence-corrected chi connectivity index (χ1v) is 25.0. The van der Waals surface area contributed by atoms with Gasteiger partial charge in [0, 0.05) is 23.1 Å². The van der Waals surface area contributed by atoms with Gasteiger partial charge in [-0.15, -0.1) is 0 Å². The van der Waals surface area contributed by atoms with E-state index in [-0.39, 0.29) is 18.9 Å². The highest BCUT2D eigenvalue weighted by Crippen LogP contribution is 2.38. The standard InChI is InChI=1S/C57H81NO6/c1-2-3-4-5-6-7-8-9-10-11-15-18-21-24-36-45-53(61)58-51(47-59)52(60)44-35-23-20-17-14-12-13-16-19-22-25-37-46-57(54(62)48-38-29-26-30-39-48,55(63)49-40-31-27-32-41-49)56(64)50-42-33-28-34-43-50/h9-10,26-35,38-44,51-52,59-60H,2-8,11-25,36-37,45-47H2,1H3,(H,58,61)/b10-9-,44-35+/t51-,52+/m0/s1. The van der Waals surface area contributed by atoms with E-state index in [4.69, 9.17) is 0 Å². The summed E-state index contributed by atoms with van der Waals surface area (Å²) >= 11 is 0. The second-order valence-electron chi connectivity index (χ2n) is 17.7. The summed E-state index contributed by atoms with van der Waals surface area (Å²) < 4.78 is 0. The van der Waals surface area contributed by atoms with Crippen LogP contribution in [-0.4, -0.2) is 52.2 Å². The number of ketones is 3. The topological polar surface area (TPSA) is 121 Å². The van der Waals surface area contributed by atoms with Crippen molar-refractivity contribution in [2.24, 2.45) is 5.41 Å². The zero-order valence-corrected chi connectivity index (χ0v) is 39.2. The fraction of sp³-hybridized carbons (Fsp3) is 0.544. The molecule has 350 valence electrons. The normalized spacial score (nSPS) is 12.7. The summed E-state index contributed by atoms with van der Waals surface area (Å²) in [6.45, 7) is 1.95. The molecular weight excluding hydrogens is 795 g/mol. The average molecular weight is 876 g/mol. The van der Waals surface area contributed by atoms with Crippen LogP contribution in [0.5, 0.6) is 0 Å². The van der Waals surface area contributed by atoms with Crippen LogP contribution in [0.4, 0.5) is 0 Å². The van der Waals surface area contributed by atoms with Crippen LogP contribution >= 0.6 is 0 Å². The van der Waals surface area contributed by atoms with Crippen LogP contribution in [0, 0.1) is 5.41 Å². The Labute approximate surface area is 386 Å². The van der Waals surface area contributed by atoms with Gasteiger partial charge in [0.15, 0.2) is 22.8 Å². The minimum atomic E-state index is -1.85. The Kier molecular flexibility index (Phi) is 28.6. The number of hydrogen-bond acceptors (Lipinski definition) is 6. The zero-order valence-electron chi connectivity index (χ0n) is 39.2. The number of hydrogen-bond donors (Lipinski definition) is 3. The number of rotatable bonds is 38. The van der Waals surface area contributed by atoms with Gasteiger partial charge in [-0.05, 0) is 51.4 Å². The molecule has 0 fully saturated rings. The number of amides is 1. The van der Waals surface area contributed by atoms with Crippen molar-refractivity contribution < 1.29 is 29.4 Å². The molecule has 0 unspecified atom stereocenters. The number of unbranched alkanes of at least 4 members (excludes halogenated alkanes) is 21. The Balaban J connectivity index is 1.27.